The van der Waals surface area contributed by atoms with Gasteiger partial charge in [-0.05, 0) is 26.2 Å². The predicted octanol–water partition coefficient (Wildman–Crippen LogP) is 0.668. The highest BCUT2D eigenvalue weighted by Gasteiger charge is 2.30. The van der Waals surface area contributed by atoms with E-state index in [1.165, 1.54) is 12.8 Å². The van der Waals surface area contributed by atoms with Crippen LogP contribution in [0, 0.1) is 5.92 Å². The van der Waals surface area contributed by atoms with Gasteiger partial charge in [0, 0.05) is 12.6 Å². The predicted molar refractivity (Wildman–Crippen MR) is 62.2 cm³/mol. The molecule has 1 amide bonds. The number of hydrogen-bond acceptors (Lipinski definition) is 3. The number of carbonyl (C=O) groups excluding carboxylic acids is 1. The molecule has 0 spiro atoms. The summed E-state index contributed by atoms with van der Waals surface area (Å²) < 4.78 is 5.46. The molecule has 4 nitrogen and oxygen atoms in total. The molecule has 16 heavy (non-hydrogen) atoms. The number of carbonyl (C=O) groups is 1. The average molecular weight is 226 g/mol. The molecule has 0 aromatic heterocycles. The maximum atomic E-state index is 12.0. The Bertz CT molecular complexity index is 253. The third-order valence-corrected chi connectivity index (χ3v) is 3.37. The van der Waals surface area contributed by atoms with E-state index in [1.807, 2.05) is 6.92 Å². The van der Waals surface area contributed by atoms with Crippen molar-refractivity contribution in [3.05, 3.63) is 0 Å². The van der Waals surface area contributed by atoms with Crippen molar-refractivity contribution in [1.29, 1.82) is 0 Å². The van der Waals surface area contributed by atoms with Crippen molar-refractivity contribution >= 4 is 5.91 Å². The van der Waals surface area contributed by atoms with Gasteiger partial charge in [0.15, 0.2) is 0 Å². The van der Waals surface area contributed by atoms with Gasteiger partial charge in [0.25, 0.3) is 0 Å². The van der Waals surface area contributed by atoms with E-state index in [1.54, 1.807) is 0 Å². The Morgan fingerprint density at radius 2 is 2.31 bits per heavy atom. The van der Waals surface area contributed by atoms with E-state index in [0.717, 1.165) is 18.9 Å². The van der Waals surface area contributed by atoms with E-state index in [9.17, 15) is 4.79 Å². The Labute approximate surface area is 97.1 Å². The SMILES string of the molecule is CC(CC1CC1)NC(=O)[C@H]1NCCO[C@@H]1C. The minimum atomic E-state index is -0.185. The Balaban J connectivity index is 1.76. The van der Waals surface area contributed by atoms with Gasteiger partial charge in [-0.15, -0.1) is 0 Å². The summed E-state index contributed by atoms with van der Waals surface area (Å²) in [6, 6.07) is 0.103. The van der Waals surface area contributed by atoms with Crippen LogP contribution >= 0.6 is 0 Å². The molecule has 1 unspecified atom stereocenters. The number of hydrogen-bond donors (Lipinski definition) is 2. The summed E-state index contributed by atoms with van der Waals surface area (Å²) in [6.45, 7) is 5.49. The van der Waals surface area contributed by atoms with Crippen molar-refractivity contribution in [3.8, 4) is 0 Å². The van der Waals surface area contributed by atoms with Crippen LogP contribution in [0.25, 0.3) is 0 Å². The topological polar surface area (TPSA) is 50.4 Å². The normalized spacial score (nSPS) is 32.1. The van der Waals surface area contributed by atoms with E-state index in [4.69, 9.17) is 4.74 Å². The first-order valence-corrected chi connectivity index (χ1v) is 6.32. The molecule has 3 atom stereocenters. The molecule has 1 saturated carbocycles. The average Bonchev–Trinajstić information content (AvgIpc) is 3.01. The van der Waals surface area contributed by atoms with Crippen LogP contribution in [0.5, 0.6) is 0 Å². The van der Waals surface area contributed by atoms with Gasteiger partial charge in [-0.3, -0.25) is 4.79 Å². The van der Waals surface area contributed by atoms with Crippen molar-refractivity contribution < 1.29 is 9.53 Å². The van der Waals surface area contributed by atoms with Crippen molar-refractivity contribution in [3.63, 3.8) is 0 Å². The summed E-state index contributed by atoms with van der Waals surface area (Å²) in [7, 11) is 0. The van der Waals surface area contributed by atoms with Gasteiger partial charge < -0.3 is 15.4 Å². The lowest BCUT2D eigenvalue weighted by molar-refractivity contribution is -0.129. The zero-order chi connectivity index (χ0) is 11.5. The van der Waals surface area contributed by atoms with E-state index in [-0.39, 0.29) is 24.1 Å². The summed E-state index contributed by atoms with van der Waals surface area (Å²) in [5.74, 6) is 0.934. The Kier molecular flexibility index (Phi) is 3.82. The lowest BCUT2D eigenvalue weighted by Crippen LogP contribution is -2.56. The quantitative estimate of drug-likeness (QED) is 0.740. The Morgan fingerprint density at radius 1 is 1.56 bits per heavy atom. The first kappa shape index (κ1) is 11.9. The van der Waals surface area contributed by atoms with Gasteiger partial charge in [0.2, 0.25) is 5.91 Å². The fourth-order valence-electron chi connectivity index (χ4n) is 2.27. The van der Waals surface area contributed by atoms with E-state index >= 15 is 0 Å². The van der Waals surface area contributed by atoms with Crippen LogP contribution in [0.3, 0.4) is 0 Å². The molecule has 0 aromatic carbocycles. The molecule has 0 radical (unpaired) electrons. The Hall–Kier alpha value is -0.610. The molecule has 2 N–H and O–H groups in total. The summed E-state index contributed by atoms with van der Waals surface area (Å²) >= 11 is 0. The summed E-state index contributed by atoms with van der Waals surface area (Å²) in [5, 5.41) is 6.28. The molecular formula is C12H22N2O2. The van der Waals surface area contributed by atoms with Crippen LogP contribution in [0.4, 0.5) is 0 Å². The summed E-state index contributed by atoms with van der Waals surface area (Å²) in [6.07, 6.45) is 3.76. The van der Waals surface area contributed by atoms with E-state index in [0.29, 0.717) is 6.61 Å². The number of morpholine rings is 1. The monoisotopic (exact) mass is 226 g/mol. The molecule has 2 aliphatic rings. The molecule has 2 fully saturated rings. The number of amides is 1. The second kappa shape index (κ2) is 5.15. The third-order valence-electron chi connectivity index (χ3n) is 3.37. The molecular weight excluding hydrogens is 204 g/mol. The number of rotatable bonds is 4. The van der Waals surface area contributed by atoms with Gasteiger partial charge in [-0.1, -0.05) is 12.8 Å². The second-order valence-corrected chi connectivity index (χ2v) is 5.10. The van der Waals surface area contributed by atoms with E-state index < -0.39 is 0 Å². The summed E-state index contributed by atoms with van der Waals surface area (Å²) in [5.41, 5.74) is 0. The smallest absolute Gasteiger partial charge is 0.240 e. The standard InChI is InChI=1S/C12H22N2O2/c1-8(7-10-3-4-10)14-12(15)11-9(2)16-6-5-13-11/h8-11,13H,3-7H2,1-2H3,(H,14,15)/t8?,9-,11+/m1/s1. The number of ether oxygens (including phenoxy) is 1. The highest BCUT2D eigenvalue weighted by Crippen LogP contribution is 2.33. The Morgan fingerprint density at radius 3 is 2.94 bits per heavy atom. The highest BCUT2D eigenvalue weighted by atomic mass is 16.5. The molecule has 0 bridgehead atoms. The second-order valence-electron chi connectivity index (χ2n) is 5.10. The maximum Gasteiger partial charge on any atom is 0.240 e. The summed E-state index contributed by atoms with van der Waals surface area (Å²) in [4.78, 5) is 12.0. The van der Waals surface area contributed by atoms with Crippen molar-refractivity contribution in [2.75, 3.05) is 13.2 Å². The molecule has 4 heteroatoms. The molecule has 1 saturated heterocycles. The first-order chi connectivity index (χ1) is 7.66. The lowest BCUT2D eigenvalue weighted by atomic mass is 10.1. The molecule has 92 valence electrons. The van der Waals surface area contributed by atoms with Crippen LogP contribution in [0.15, 0.2) is 0 Å². The van der Waals surface area contributed by atoms with Gasteiger partial charge in [-0.25, -0.2) is 0 Å². The van der Waals surface area contributed by atoms with Gasteiger partial charge >= 0.3 is 0 Å². The minimum absolute atomic E-state index is 0.0260. The lowest BCUT2D eigenvalue weighted by Gasteiger charge is -2.30. The van der Waals surface area contributed by atoms with Crippen LogP contribution in [-0.2, 0) is 9.53 Å². The van der Waals surface area contributed by atoms with Crippen LogP contribution in [0.1, 0.15) is 33.1 Å². The largest absolute Gasteiger partial charge is 0.375 e. The molecule has 1 heterocycles. The maximum absolute atomic E-state index is 12.0. The van der Waals surface area contributed by atoms with E-state index in [2.05, 4.69) is 17.6 Å². The first-order valence-electron chi connectivity index (χ1n) is 6.32. The highest BCUT2D eigenvalue weighted by molar-refractivity contribution is 5.82. The van der Waals surface area contributed by atoms with Gasteiger partial charge in [0.1, 0.15) is 6.04 Å². The zero-order valence-corrected chi connectivity index (χ0v) is 10.2. The molecule has 1 aliphatic heterocycles. The van der Waals surface area contributed by atoms with Gasteiger partial charge in [0.05, 0.1) is 12.7 Å². The van der Waals surface area contributed by atoms with Crippen LogP contribution in [0.2, 0.25) is 0 Å². The molecule has 1 aliphatic carbocycles. The van der Waals surface area contributed by atoms with Crippen LogP contribution in [-0.4, -0.2) is 37.2 Å². The van der Waals surface area contributed by atoms with Crippen LogP contribution < -0.4 is 10.6 Å². The molecule has 2 rings (SSSR count). The van der Waals surface area contributed by atoms with Gasteiger partial charge in [-0.2, -0.15) is 0 Å². The van der Waals surface area contributed by atoms with Crippen molar-refractivity contribution in [2.24, 2.45) is 5.92 Å². The third kappa shape index (κ3) is 3.19. The fraction of sp³-hybridized carbons (Fsp3) is 0.917. The van der Waals surface area contributed by atoms with Crippen molar-refractivity contribution in [2.45, 2.75) is 51.3 Å². The minimum Gasteiger partial charge on any atom is -0.375 e. The van der Waals surface area contributed by atoms with Crippen molar-refractivity contribution in [1.82, 2.24) is 10.6 Å². The molecule has 0 aromatic rings. The number of nitrogens with one attached hydrogen (secondary N) is 2. The zero-order valence-electron chi connectivity index (χ0n) is 10.2. The fourth-order valence-corrected chi connectivity index (χ4v) is 2.27.